The van der Waals surface area contributed by atoms with Gasteiger partial charge in [0.15, 0.2) is 0 Å². The lowest BCUT2D eigenvalue weighted by Crippen LogP contribution is -2.12. The molecule has 0 aliphatic carbocycles. The van der Waals surface area contributed by atoms with Crippen LogP contribution < -0.4 is 10.1 Å². The van der Waals surface area contributed by atoms with Gasteiger partial charge in [-0.05, 0) is 47.8 Å². The van der Waals surface area contributed by atoms with Crippen LogP contribution in [0.2, 0.25) is 10.0 Å². The van der Waals surface area contributed by atoms with E-state index in [9.17, 15) is 18.0 Å². The van der Waals surface area contributed by atoms with Crippen molar-refractivity contribution in [3.05, 3.63) is 80.0 Å². The van der Waals surface area contributed by atoms with E-state index >= 15 is 0 Å². The smallest absolute Gasteiger partial charge is 0.416 e. The molecule has 0 unspecified atom stereocenters. The molecule has 0 aliphatic heterocycles. The monoisotopic (exact) mass is 445 g/mol. The fourth-order valence-electron chi connectivity index (χ4n) is 2.28. The predicted octanol–water partition coefficient (Wildman–Crippen LogP) is 6.91. The minimum absolute atomic E-state index is 0.0161. The number of benzene rings is 2. The summed E-state index contributed by atoms with van der Waals surface area (Å²) >= 11 is 12.9. The number of nitrogens with one attached hydrogen (secondary N) is 1. The molecule has 28 heavy (non-hydrogen) atoms. The molecule has 1 amide bonds. The molecule has 0 saturated carbocycles. The number of hydrogen-bond donors (Lipinski definition) is 1. The van der Waals surface area contributed by atoms with Crippen LogP contribution in [0, 0.1) is 0 Å². The van der Waals surface area contributed by atoms with Gasteiger partial charge in [0.05, 0.1) is 21.2 Å². The molecule has 0 spiro atoms. The van der Waals surface area contributed by atoms with Crippen LogP contribution in [0.4, 0.5) is 18.9 Å². The molecule has 3 aromatic rings. The Labute approximate surface area is 172 Å². The van der Waals surface area contributed by atoms with Crippen LogP contribution in [0.25, 0.3) is 0 Å². The molecule has 1 heterocycles. The second kappa shape index (κ2) is 8.43. The van der Waals surface area contributed by atoms with Gasteiger partial charge in [0, 0.05) is 10.6 Å². The Morgan fingerprint density at radius 1 is 1.11 bits per heavy atom. The van der Waals surface area contributed by atoms with E-state index in [1.807, 2.05) is 0 Å². The van der Waals surface area contributed by atoms with Crippen molar-refractivity contribution in [2.45, 2.75) is 12.8 Å². The minimum atomic E-state index is -4.53. The Kier molecular flexibility index (Phi) is 6.17. The highest BCUT2D eigenvalue weighted by Gasteiger charge is 2.31. The molecule has 1 aromatic heterocycles. The molecule has 0 fully saturated rings. The maximum Gasteiger partial charge on any atom is 0.416 e. The van der Waals surface area contributed by atoms with Gasteiger partial charge in [-0.1, -0.05) is 29.3 Å². The number of ether oxygens (including phenoxy) is 1. The van der Waals surface area contributed by atoms with Crippen LogP contribution in [0.5, 0.6) is 5.75 Å². The number of anilines is 1. The number of amides is 1. The summed E-state index contributed by atoms with van der Waals surface area (Å²) in [5.41, 5.74) is -0.258. The predicted molar refractivity (Wildman–Crippen MR) is 105 cm³/mol. The number of halogens is 5. The number of hydrogen-bond acceptors (Lipinski definition) is 3. The topological polar surface area (TPSA) is 38.3 Å². The number of carbonyl (C=O) groups is 1. The van der Waals surface area contributed by atoms with Crippen LogP contribution in [0.3, 0.4) is 0 Å². The average molecular weight is 446 g/mol. The normalized spacial score (nSPS) is 11.3. The molecule has 146 valence electrons. The summed E-state index contributed by atoms with van der Waals surface area (Å²) in [5.74, 6) is 0.0284. The summed E-state index contributed by atoms with van der Waals surface area (Å²) in [5, 5.41) is 4.70. The Morgan fingerprint density at radius 2 is 1.89 bits per heavy atom. The van der Waals surface area contributed by atoms with Gasteiger partial charge in [-0.15, -0.1) is 11.3 Å². The van der Waals surface area contributed by atoms with E-state index in [0.29, 0.717) is 15.6 Å². The van der Waals surface area contributed by atoms with Gasteiger partial charge < -0.3 is 10.1 Å². The van der Waals surface area contributed by atoms with Gasteiger partial charge in [0.1, 0.15) is 12.4 Å². The van der Waals surface area contributed by atoms with E-state index in [1.54, 1.807) is 35.7 Å². The van der Waals surface area contributed by atoms with Crippen molar-refractivity contribution < 1.29 is 22.7 Å². The van der Waals surface area contributed by atoms with E-state index < -0.39 is 17.6 Å². The van der Waals surface area contributed by atoms with E-state index in [2.05, 4.69) is 5.32 Å². The van der Waals surface area contributed by atoms with Gasteiger partial charge in [-0.25, -0.2) is 0 Å². The Hall–Kier alpha value is -2.22. The second-order valence-corrected chi connectivity index (χ2v) is 7.47. The maximum absolute atomic E-state index is 12.8. The molecule has 0 bridgehead atoms. The van der Waals surface area contributed by atoms with E-state index in [0.717, 1.165) is 35.1 Å². The maximum atomic E-state index is 12.8. The fraction of sp³-hybridized carbons (Fsp3) is 0.105. The quantitative estimate of drug-likeness (QED) is 0.463. The molecular formula is C19H12Cl2F3NO2S. The standard InChI is InChI=1S/C19H12Cl2F3NO2S/c20-13-2-1-3-14(8-13)27-9-11-6-17(28-10-11)18(26)25-16-7-12(19(22,23)24)4-5-15(16)21/h1-8,10H,9H2,(H,25,26). The third kappa shape index (κ3) is 5.19. The van der Waals surface area contributed by atoms with E-state index in [-0.39, 0.29) is 17.3 Å². The third-order valence-electron chi connectivity index (χ3n) is 3.62. The van der Waals surface area contributed by atoms with Gasteiger partial charge in [0.2, 0.25) is 0 Å². The highest BCUT2D eigenvalue weighted by molar-refractivity contribution is 7.12. The van der Waals surface area contributed by atoms with Crippen LogP contribution >= 0.6 is 34.5 Å². The first kappa shape index (κ1) is 20.5. The Balaban J connectivity index is 1.67. The summed E-state index contributed by atoms with van der Waals surface area (Å²) in [6, 6.07) is 11.2. The zero-order valence-electron chi connectivity index (χ0n) is 14.0. The molecule has 3 rings (SSSR count). The zero-order valence-corrected chi connectivity index (χ0v) is 16.3. The molecule has 0 radical (unpaired) electrons. The lowest BCUT2D eigenvalue weighted by atomic mass is 10.2. The molecule has 9 heteroatoms. The molecule has 0 atom stereocenters. The van der Waals surface area contributed by atoms with E-state index in [1.165, 1.54) is 0 Å². The average Bonchev–Trinajstić information content (AvgIpc) is 3.10. The first-order chi connectivity index (χ1) is 13.2. The molecule has 0 saturated heterocycles. The molecular weight excluding hydrogens is 434 g/mol. The first-order valence-electron chi connectivity index (χ1n) is 7.86. The molecule has 1 N–H and O–H groups in total. The van der Waals surface area contributed by atoms with Gasteiger partial charge >= 0.3 is 6.18 Å². The highest BCUT2D eigenvalue weighted by atomic mass is 35.5. The van der Waals surface area contributed by atoms with Crippen molar-refractivity contribution in [2.75, 3.05) is 5.32 Å². The zero-order chi connectivity index (χ0) is 20.3. The number of thiophene rings is 1. The van der Waals surface area contributed by atoms with Crippen molar-refractivity contribution in [1.82, 2.24) is 0 Å². The Bertz CT molecular complexity index is 1000. The van der Waals surface area contributed by atoms with Crippen molar-refractivity contribution in [2.24, 2.45) is 0 Å². The summed E-state index contributed by atoms with van der Waals surface area (Å²) in [6.07, 6.45) is -4.53. The summed E-state index contributed by atoms with van der Waals surface area (Å²) in [4.78, 5) is 12.7. The summed E-state index contributed by atoms with van der Waals surface area (Å²) in [6.45, 7) is 0.217. The first-order valence-corrected chi connectivity index (χ1v) is 9.50. The van der Waals surface area contributed by atoms with Gasteiger partial charge in [-0.2, -0.15) is 13.2 Å². The highest BCUT2D eigenvalue weighted by Crippen LogP contribution is 2.34. The van der Waals surface area contributed by atoms with Crippen LogP contribution in [0.15, 0.2) is 53.9 Å². The SMILES string of the molecule is O=C(Nc1cc(C(F)(F)F)ccc1Cl)c1cc(COc2cccc(Cl)c2)cs1. The number of alkyl halides is 3. The lowest BCUT2D eigenvalue weighted by molar-refractivity contribution is -0.137. The number of rotatable bonds is 5. The van der Waals surface area contributed by atoms with Crippen LogP contribution in [-0.2, 0) is 12.8 Å². The summed E-state index contributed by atoms with van der Waals surface area (Å²) < 4.78 is 44.1. The van der Waals surface area contributed by atoms with Gasteiger partial charge in [0.25, 0.3) is 5.91 Å². The molecule has 3 nitrogen and oxygen atoms in total. The number of carbonyl (C=O) groups excluding carboxylic acids is 1. The van der Waals surface area contributed by atoms with E-state index in [4.69, 9.17) is 27.9 Å². The Morgan fingerprint density at radius 3 is 2.61 bits per heavy atom. The second-order valence-electron chi connectivity index (χ2n) is 5.71. The minimum Gasteiger partial charge on any atom is -0.489 e. The van der Waals surface area contributed by atoms with Gasteiger partial charge in [-0.3, -0.25) is 4.79 Å². The van der Waals surface area contributed by atoms with Crippen LogP contribution in [0.1, 0.15) is 20.8 Å². The van der Waals surface area contributed by atoms with Crippen molar-refractivity contribution in [3.8, 4) is 5.75 Å². The van der Waals surface area contributed by atoms with Crippen molar-refractivity contribution >= 4 is 46.1 Å². The molecule has 0 aliphatic rings. The van der Waals surface area contributed by atoms with Crippen molar-refractivity contribution in [1.29, 1.82) is 0 Å². The molecule has 2 aromatic carbocycles. The fourth-order valence-corrected chi connectivity index (χ4v) is 3.41. The van der Waals surface area contributed by atoms with Crippen LogP contribution in [-0.4, -0.2) is 5.91 Å². The largest absolute Gasteiger partial charge is 0.489 e. The third-order valence-corrected chi connectivity index (χ3v) is 5.16. The van der Waals surface area contributed by atoms with Crippen molar-refractivity contribution in [3.63, 3.8) is 0 Å². The summed E-state index contributed by atoms with van der Waals surface area (Å²) in [7, 11) is 0. The lowest BCUT2D eigenvalue weighted by Gasteiger charge is -2.11.